The third-order valence-electron chi connectivity index (χ3n) is 2.94. The Morgan fingerprint density at radius 2 is 2.17 bits per heavy atom. The summed E-state index contributed by atoms with van der Waals surface area (Å²) in [4.78, 5) is 17.5. The minimum absolute atomic E-state index is 0.171. The summed E-state index contributed by atoms with van der Waals surface area (Å²) in [5.74, 6) is 0.551. The average Bonchev–Trinajstić information content (AvgIpc) is 2.79. The van der Waals surface area contributed by atoms with Gasteiger partial charge in [0, 0.05) is 5.39 Å². The summed E-state index contributed by atoms with van der Waals surface area (Å²) in [7, 11) is 0. The zero-order valence-electron chi connectivity index (χ0n) is 9.61. The SMILES string of the molecule is O=C1OC(CO)CN1c1ccc2ccccc2n1. The van der Waals surface area contributed by atoms with E-state index < -0.39 is 12.2 Å². The number of nitrogens with zero attached hydrogens (tertiary/aromatic N) is 2. The van der Waals surface area contributed by atoms with Gasteiger partial charge in [-0.15, -0.1) is 0 Å². The lowest BCUT2D eigenvalue weighted by molar-refractivity contribution is 0.0963. The van der Waals surface area contributed by atoms with Gasteiger partial charge in [-0.05, 0) is 18.2 Å². The number of hydrogen-bond acceptors (Lipinski definition) is 4. The number of carbonyl (C=O) groups excluding carboxylic acids is 1. The summed E-state index contributed by atoms with van der Waals surface area (Å²) in [5.41, 5.74) is 0.829. The third kappa shape index (κ3) is 1.78. The largest absolute Gasteiger partial charge is 0.441 e. The number of rotatable bonds is 2. The highest BCUT2D eigenvalue weighted by Gasteiger charge is 2.32. The number of aliphatic hydroxyl groups excluding tert-OH is 1. The first-order valence-electron chi connectivity index (χ1n) is 5.73. The van der Waals surface area contributed by atoms with E-state index in [0.717, 1.165) is 10.9 Å². The van der Waals surface area contributed by atoms with Gasteiger partial charge in [0.1, 0.15) is 11.9 Å². The van der Waals surface area contributed by atoms with E-state index in [-0.39, 0.29) is 6.61 Å². The fourth-order valence-electron chi connectivity index (χ4n) is 2.01. The lowest BCUT2D eigenvalue weighted by atomic mass is 10.2. The molecule has 1 fully saturated rings. The predicted octanol–water partition coefficient (Wildman–Crippen LogP) is 1.55. The topological polar surface area (TPSA) is 62.7 Å². The van der Waals surface area contributed by atoms with Crippen LogP contribution in [-0.2, 0) is 4.74 Å². The number of fused-ring (bicyclic) bond motifs is 1. The van der Waals surface area contributed by atoms with Gasteiger partial charge in [0.05, 0.1) is 18.7 Å². The van der Waals surface area contributed by atoms with Crippen molar-refractivity contribution in [3.63, 3.8) is 0 Å². The Morgan fingerprint density at radius 3 is 2.94 bits per heavy atom. The Balaban J connectivity index is 1.97. The summed E-state index contributed by atoms with van der Waals surface area (Å²) < 4.78 is 4.99. The second-order valence-electron chi connectivity index (χ2n) is 4.16. The summed E-state index contributed by atoms with van der Waals surface area (Å²) in [6.07, 6.45) is -0.928. The first-order chi connectivity index (χ1) is 8.78. The molecule has 0 saturated carbocycles. The fourth-order valence-corrected chi connectivity index (χ4v) is 2.01. The van der Waals surface area contributed by atoms with Crippen LogP contribution in [0.1, 0.15) is 0 Å². The number of ether oxygens (including phenoxy) is 1. The maximum Gasteiger partial charge on any atom is 0.416 e. The van der Waals surface area contributed by atoms with E-state index in [1.807, 2.05) is 30.3 Å². The van der Waals surface area contributed by atoms with Gasteiger partial charge < -0.3 is 9.84 Å². The Morgan fingerprint density at radius 1 is 1.33 bits per heavy atom. The third-order valence-corrected chi connectivity index (χ3v) is 2.94. The summed E-state index contributed by atoms with van der Waals surface area (Å²) in [6.45, 7) is 0.163. The molecule has 1 atom stereocenters. The molecule has 3 rings (SSSR count). The molecular formula is C13H12N2O3. The molecule has 1 aromatic heterocycles. The fraction of sp³-hybridized carbons (Fsp3) is 0.231. The lowest BCUT2D eigenvalue weighted by Gasteiger charge is -2.12. The van der Waals surface area contributed by atoms with Gasteiger partial charge in [0.2, 0.25) is 0 Å². The van der Waals surface area contributed by atoms with Gasteiger partial charge in [0.15, 0.2) is 0 Å². The molecule has 2 aromatic rings. The van der Waals surface area contributed by atoms with Crippen LogP contribution in [0.4, 0.5) is 10.6 Å². The molecule has 5 nitrogen and oxygen atoms in total. The number of aliphatic hydroxyl groups is 1. The van der Waals surface area contributed by atoms with Crippen molar-refractivity contribution in [3.05, 3.63) is 36.4 Å². The second-order valence-corrected chi connectivity index (χ2v) is 4.16. The van der Waals surface area contributed by atoms with Crippen molar-refractivity contribution in [2.75, 3.05) is 18.1 Å². The monoisotopic (exact) mass is 244 g/mol. The Hall–Kier alpha value is -2.14. The molecule has 2 heterocycles. The van der Waals surface area contributed by atoms with Crippen molar-refractivity contribution < 1.29 is 14.6 Å². The summed E-state index contributed by atoms with van der Waals surface area (Å²) in [6, 6.07) is 11.4. The van der Waals surface area contributed by atoms with Gasteiger partial charge in [-0.25, -0.2) is 9.78 Å². The van der Waals surface area contributed by atoms with Crippen LogP contribution >= 0.6 is 0 Å². The zero-order valence-corrected chi connectivity index (χ0v) is 9.61. The van der Waals surface area contributed by atoms with Crippen molar-refractivity contribution >= 4 is 22.8 Å². The Labute approximate surface area is 104 Å². The van der Waals surface area contributed by atoms with E-state index in [1.54, 1.807) is 6.07 Å². The molecular weight excluding hydrogens is 232 g/mol. The normalized spacial score (nSPS) is 19.3. The molecule has 0 aliphatic carbocycles. The molecule has 0 radical (unpaired) electrons. The molecule has 1 N–H and O–H groups in total. The van der Waals surface area contributed by atoms with Crippen LogP contribution in [0.2, 0.25) is 0 Å². The number of cyclic esters (lactones) is 1. The number of aromatic nitrogens is 1. The van der Waals surface area contributed by atoms with Crippen molar-refractivity contribution in [3.8, 4) is 0 Å². The van der Waals surface area contributed by atoms with Crippen LogP contribution in [0.15, 0.2) is 36.4 Å². The first-order valence-corrected chi connectivity index (χ1v) is 5.73. The van der Waals surface area contributed by atoms with Gasteiger partial charge >= 0.3 is 6.09 Å². The second kappa shape index (κ2) is 4.27. The number of anilines is 1. The highest BCUT2D eigenvalue weighted by molar-refractivity contribution is 5.90. The predicted molar refractivity (Wildman–Crippen MR) is 66.4 cm³/mol. The number of para-hydroxylation sites is 1. The van der Waals surface area contributed by atoms with E-state index in [2.05, 4.69) is 4.98 Å². The molecule has 1 unspecified atom stereocenters. The smallest absolute Gasteiger partial charge is 0.416 e. The van der Waals surface area contributed by atoms with Gasteiger partial charge in [-0.2, -0.15) is 0 Å². The van der Waals surface area contributed by atoms with Crippen molar-refractivity contribution in [2.24, 2.45) is 0 Å². The first kappa shape index (κ1) is 11.0. The van der Waals surface area contributed by atoms with Gasteiger partial charge in [-0.1, -0.05) is 18.2 Å². The average molecular weight is 244 g/mol. The van der Waals surface area contributed by atoms with Crippen LogP contribution in [0.3, 0.4) is 0 Å². The van der Waals surface area contributed by atoms with Crippen molar-refractivity contribution in [2.45, 2.75) is 6.10 Å². The summed E-state index contributed by atoms with van der Waals surface area (Å²) >= 11 is 0. The maximum absolute atomic E-state index is 11.6. The number of benzene rings is 1. The molecule has 0 bridgehead atoms. The van der Waals surface area contributed by atoms with E-state index in [4.69, 9.17) is 9.84 Å². The zero-order chi connectivity index (χ0) is 12.5. The van der Waals surface area contributed by atoms with E-state index in [0.29, 0.717) is 12.4 Å². The van der Waals surface area contributed by atoms with Crippen LogP contribution < -0.4 is 4.90 Å². The van der Waals surface area contributed by atoms with Gasteiger partial charge in [0.25, 0.3) is 0 Å². The molecule has 1 amide bonds. The van der Waals surface area contributed by atoms with Crippen molar-refractivity contribution in [1.29, 1.82) is 0 Å². The number of hydrogen-bond donors (Lipinski definition) is 1. The molecule has 1 aliphatic rings. The highest BCUT2D eigenvalue weighted by Crippen LogP contribution is 2.22. The van der Waals surface area contributed by atoms with Crippen molar-refractivity contribution in [1.82, 2.24) is 4.98 Å². The quantitative estimate of drug-likeness (QED) is 0.870. The number of pyridine rings is 1. The number of carbonyl (C=O) groups is 1. The van der Waals surface area contributed by atoms with E-state index in [9.17, 15) is 4.79 Å². The van der Waals surface area contributed by atoms with Gasteiger partial charge in [-0.3, -0.25) is 4.90 Å². The minimum atomic E-state index is -0.467. The molecule has 1 saturated heterocycles. The highest BCUT2D eigenvalue weighted by atomic mass is 16.6. The Kier molecular flexibility index (Phi) is 2.60. The molecule has 1 aliphatic heterocycles. The standard InChI is InChI=1S/C13H12N2O3/c16-8-10-7-15(13(17)18-10)12-6-5-9-3-1-2-4-11(9)14-12/h1-6,10,16H,7-8H2. The van der Waals surface area contributed by atoms with Crippen LogP contribution in [0.25, 0.3) is 10.9 Å². The van der Waals surface area contributed by atoms with Crippen LogP contribution in [-0.4, -0.2) is 35.4 Å². The molecule has 5 heteroatoms. The van der Waals surface area contributed by atoms with E-state index in [1.165, 1.54) is 4.90 Å². The van der Waals surface area contributed by atoms with Crippen LogP contribution in [0.5, 0.6) is 0 Å². The van der Waals surface area contributed by atoms with E-state index >= 15 is 0 Å². The summed E-state index contributed by atoms with van der Waals surface area (Å²) in [5, 5.41) is 10.0. The molecule has 18 heavy (non-hydrogen) atoms. The Bertz CT molecular complexity index is 600. The lowest BCUT2D eigenvalue weighted by Crippen LogP contribution is -2.26. The number of amides is 1. The molecule has 92 valence electrons. The molecule has 0 spiro atoms. The molecule has 1 aromatic carbocycles. The van der Waals surface area contributed by atoms with Crippen LogP contribution in [0, 0.1) is 0 Å². The minimum Gasteiger partial charge on any atom is -0.441 e. The maximum atomic E-state index is 11.6.